The lowest BCUT2D eigenvalue weighted by Gasteiger charge is -2.40. The van der Waals surface area contributed by atoms with Gasteiger partial charge >= 0.3 is 12.1 Å². The number of hydrogen-bond acceptors (Lipinski definition) is 2. The summed E-state index contributed by atoms with van der Waals surface area (Å²) in [7, 11) is 0. The Bertz CT molecular complexity index is 571. The van der Waals surface area contributed by atoms with E-state index in [-0.39, 0.29) is 5.92 Å². The molecule has 2 saturated carbocycles. The van der Waals surface area contributed by atoms with E-state index in [0.29, 0.717) is 18.0 Å². The Morgan fingerprint density at radius 1 is 1.00 bits per heavy atom. The van der Waals surface area contributed by atoms with Gasteiger partial charge in [-0.25, -0.2) is 0 Å². The molecule has 3 nitrogen and oxygen atoms in total. The first-order valence-corrected chi connectivity index (χ1v) is 8.49. The van der Waals surface area contributed by atoms with Crippen molar-refractivity contribution in [2.75, 3.05) is 0 Å². The van der Waals surface area contributed by atoms with Crippen molar-refractivity contribution in [1.29, 1.82) is 0 Å². The summed E-state index contributed by atoms with van der Waals surface area (Å²) in [4.78, 5) is 10.9. The number of hydrogen-bond donors (Lipinski definition) is 2. The van der Waals surface area contributed by atoms with Gasteiger partial charge in [0.15, 0.2) is 0 Å². The molecular formula is C18H22F3NO2. The summed E-state index contributed by atoms with van der Waals surface area (Å²) < 4.78 is 37.7. The molecule has 6 heteroatoms. The molecule has 0 radical (unpaired) electrons. The van der Waals surface area contributed by atoms with Gasteiger partial charge < -0.3 is 10.4 Å². The van der Waals surface area contributed by atoms with Crippen LogP contribution in [0.25, 0.3) is 0 Å². The lowest BCUT2D eigenvalue weighted by Crippen LogP contribution is -2.47. The standard InChI is InChI=1S/C18H22F3NO2/c19-18(20,21)14-5-1-11(2-6-14)13-9-16(10-13)22-15-7-3-12(4-8-15)17(23)24/h1-2,5-6,12-13,15-16,22H,3-4,7-10H2,(H,23,24). The maximum atomic E-state index is 12.6. The van der Waals surface area contributed by atoms with E-state index in [0.717, 1.165) is 56.2 Å². The summed E-state index contributed by atoms with van der Waals surface area (Å²) in [6.45, 7) is 0. The molecule has 0 atom stereocenters. The van der Waals surface area contributed by atoms with Crippen LogP contribution in [-0.2, 0) is 11.0 Å². The number of aliphatic carboxylic acids is 1. The SMILES string of the molecule is O=C(O)C1CCC(NC2CC(c3ccc(C(F)(F)F)cc3)C2)CC1. The molecule has 24 heavy (non-hydrogen) atoms. The van der Waals surface area contributed by atoms with E-state index in [9.17, 15) is 18.0 Å². The van der Waals surface area contributed by atoms with Gasteiger partial charge in [-0.1, -0.05) is 12.1 Å². The fourth-order valence-corrected chi connectivity index (χ4v) is 3.81. The van der Waals surface area contributed by atoms with E-state index >= 15 is 0 Å². The smallest absolute Gasteiger partial charge is 0.416 e. The summed E-state index contributed by atoms with van der Waals surface area (Å²) in [6, 6.07) is 6.25. The quantitative estimate of drug-likeness (QED) is 0.863. The number of carboxylic acids is 1. The Hall–Kier alpha value is -1.56. The molecule has 2 aliphatic rings. The molecule has 0 unspecified atom stereocenters. The van der Waals surface area contributed by atoms with Crippen LogP contribution in [0.2, 0.25) is 0 Å². The third kappa shape index (κ3) is 3.91. The Balaban J connectivity index is 1.44. The molecule has 3 rings (SSSR count). The second-order valence-electron chi connectivity index (χ2n) is 7.04. The van der Waals surface area contributed by atoms with Crippen LogP contribution < -0.4 is 5.32 Å². The van der Waals surface area contributed by atoms with E-state index in [4.69, 9.17) is 5.11 Å². The lowest BCUT2D eigenvalue weighted by atomic mass is 9.74. The van der Waals surface area contributed by atoms with Crippen molar-refractivity contribution in [1.82, 2.24) is 5.32 Å². The Morgan fingerprint density at radius 2 is 1.58 bits per heavy atom. The van der Waals surface area contributed by atoms with Crippen LogP contribution in [0.3, 0.4) is 0 Å². The maximum Gasteiger partial charge on any atom is 0.416 e. The van der Waals surface area contributed by atoms with Gasteiger partial charge in [-0.2, -0.15) is 13.2 Å². The van der Waals surface area contributed by atoms with Crippen molar-refractivity contribution in [2.24, 2.45) is 5.92 Å². The van der Waals surface area contributed by atoms with E-state index in [2.05, 4.69) is 5.32 Å². The summed E-state index contributed by atoms with van der Waals surface area (Å²) in [5.74, 6) is -0.580. The molecule has 0 aliphatic heterocycles. The van der Waals surface area contributed by atoms with Gasteiger partial charge in [-0.3, -0.25) is 4.79 Å². The van der Waals surface area contributed by atoms with Gasteiger partial charge in [0.25, 0.3) is 0 Å². The normalized spacial score (nSPS) is 30.6. The zero-order valence-corrected chi connectivity index (χ0v) is 13.4. The Morgan fingerprint density at radius 3 is 2.08 bits per heavy atom. The lowest BCUT2D eigenvalue weighted by molar-refractivity contribution is -0.143. The molecule has 0 aromatic heterocycles. The topological polar surface area (TPSA) is 49.3 Å². The zero-order chi connectivity index (χ0) is 17.3. The van der Waals surface area contributed by atoms with Crippen molar-refractivity contribution in [3.63, 3.8) is 0 Å². The molecule has 0 bridgehead atoms. The second-order valence-corrected chi connectivity index (χ2v) is 7.04. The number of halogens is 3. The second kappa shape index (κ2) is 6.75. The van der Waals surface area contributed by atoms with E-state index in [1.165, 1.54) is 0 Å². The molecule has 2 N–H and O–H groups in total. The van der Waals surface area contributed by atoms with Gasteiger partial charge in [0.05, 0.1) is 11.5 Å². The minimum atomic E-state index is -4.28. The highest BCUT2D eigenvalue weighted by molar-refractivity contribution is 5.70. The molecular weight excluding hydrogens is 319 g/mol. The molecule has 0 heterocycles. The first-order valence-electron chi connectivity index (χ1n) is 8.49. The molecule has 2 fully saturated rings. The van der Waals surface area contributed by atoms with Gasteiger partial charge in [0.1, 0.15) is 0 Å². The molecule has 0 spiro atoms. The zero-order valence-electron chi connectivity index (χ0n) is 13.4. The van der Waals surface area contributed by atoms with Crippen LogP contribution in [0.4, 0.5) is 13.2 Å². The van der Waals surface area contributed by atoms with Crippen LogP contribution in [-0.4, -0.2) is 23.2 Å². The van der Waals surface area contributed by atoms with Gasteiger partial charge in [0, 0.05) is 12.1 Å². The first kappa shape index (κ1) is 17.3. The highest BCUT2D eigenvalue weighted by atomic mass is 19.4. The predicted molar refractivity (Wildman–Crippen MR) is 83.7 cm³/mol. The summed E-state index contributed by atoms with van der Waals surface area (Å²) >= 11 is 0. The number of carboxylic acid groups (broad SMARTS) is 1. The van der Waals surface area contributed by atoms with E-state index < -0.39 is 17.7 Å². The van der Waals surface area contributed by atoms with Gasteiger partial charge in [-0.15, -0.1) is 0 Å². The number of nitrogens with one attached hydrogen (secondary N) is 1. The van der Waals surface area contributed by atoms with Crippen molar-refractivity contribution in [3.05, 3.63) is 35.4 Å². The van der Waals surface area contributed by atoms with Crippen LogP contribution in [0.15, 0.2) is 24.3 Å². The highest BCUT2D eigenvalue weighted by Gasteiger charge is 2.35. The number of alkyl halides is 3. The molecule has 1 aromatic rings. The number of rotatable bonds is 4. The van der Waals surface area contributed by atoms with Crippen LogP contribution in [0, 0.1) is 5.92 Å². The van der Waals surface area contributed by atoms with Gasteiger partial charge in [0.2, 0.25) is 0 Å². The van der Waals surface area contributed by atoms with Crippen LogP contribution >= 0.6 is 0 Å². The fourth-order valence-electron chi connectivity index (χ4n) is 3.81. The Labute approximate surface area is 139 Å². The van der Waals surface area contributed by atoms with Crippen molar-refractivity contribution >= 4 is 5.97 Å². The molecule has 1 aromatic carbocycles. The van der Waals surface area contributed by atoms with Crippen LogP contribution in [0.1, 0.15) is 55.6 Å². The van der Waals surface area contributed by atoms with Gasteiger partial charge in [-0.05, 0) is 62.1 Å². The molecule has 0 amide bonds. The average Bonchev–Trinajstić information content (AvgIpc) is 2.50. The van der Waals surface area contributed by atoms with E-state index in [1.54, 1.807) is 12.1 Å². The van der Waals surface area contributed by atoms with Crippen molar-refractivity contribution in [3.8, 4) is 0 Å². The number of benzene rings is 1. The molecule has 0 saturated heterocycles. The minimum Gasteiger partial charge on any atom is -0.481 e. The molecule has 132 valence electrons. The monoisotopic (exact) mass is 341 g/mol. The fraction of sp³-hybridized carbons (Fsp3) is 0.611. The molecule has 2 aliphatic carbocycles. The summed E-state index contributed by atoms with van der Waals surface area (Å²) in [5.41, 5.74) is 0.367. The van der Waals surface area contributed by atoms with E-state index in [1.807, 2.05) is 0 Å². The maximum absolute atomic E-state index is 12.6. The predicted octanol–water partition coefficient (Wildman–Crippen LogP) is 4.18. The summed E-state index contributed by atoms with van der Waals surface area (Å²) in [5, 5.41) is 12.6. The van der Waals surface area contributed by atoms with Crippen molar-refractivity contribution < 1.29 is 23.1 Å². The Kier molecular flexibility index (Phi) is 4.85. The largest absolute Gasteiger partial charge is 0.481 e. The summed E-state index contributed by atoms with van der Waals surface area (Å²) in [6.07, 6.45) is 0.812. The third-order valence-corrected chi connectivity index (χ3v) is 5.40. The first-order chi connectivity index (χ1) is 11.3. The third-order valence-electron chi connectivity index (χ3n) is 5.40. The highest BCUT2D eigenvalue weighted by Crippen LogP contribution is 2.39. The van der Waals surface area contributed by atoms with Crippen molar-refractivity contribution in [2.45, 2.75) is 62.7 Å². The van der Waals surface area contributed by atoms with Crippen LogP contribution in [0.5, 0.6) is 0 Å². The average molecular weight is 341 g/mol. The minimum absolute atomic E-state index is 0.204. The number of carbonyl (C=O) groups is 1.